The normalized spacial score (nSPS) is 15.5. The van der Waals surface area contributed by atoms with E-state index in [0.717, 1.165) is 37.7 Å². The molecule has 222 valence electrons. The second-order valence-corrected chi connectivity index (χ2v) is 10.4. The van der Waals surface area contributed by atoms with Crippen LogP contribution in [0.2, 0.25) is 0 Å². The number of likely N-dealkylation sites (tertiary alicyclic amines) is 1. The Morgan fingerprint density at radius 3 is 2.08 bits per heavy atom. The smallest absolute Gasteiger partial charge is 0.405 e. The third kappa shape index (κ3) is 12.2. The summed E-state index contributed by atoms with van der Waals surface area (Å²) in [6.07, 6.45) is 7.06. The first kappa shape index (κ1) is 34.6. The average molecular weight is 554 g/mol. The van der Waals surface area contributed by atoms with Crippen molar-refractivity contribution in [3.05, 3.63) is 41.7 Å². The van der Waals surface area contributed by atoms with E-state index in [-0.39, 0.29) is 0 Å². The maximum atomic E-state index is 10.0. The number of primary amides is 1. The molecule has 40 heavy (non-hydrogen) atoms. The van der Waals surface area contributed by atoms with Crippen molar-refractivity contribution in [2.24, 2.45) is 5.73 Å². The highest BCUT2D eigenvalue weighted by Crippen LogP contribution is 2.29. The summed E-state index contributed by atoms with van der Waals surface area (Å²) in [5, 5.41) is 12.7. The summed E-state index contributed by atoms with van der Waals surface area (Å²) in [5.74, 6) is 2.03. The van der Waals surface area contributed by atoms with Crippen molar-refractivity contribution in [3.63, 3.8) is 0 Å². The van der Waals surface area contributed by atoms with Crippen molar-refractivity contribution >= 4 is 23.4 Å². The number of nitrogens with one attached hydrogen (secondary N) is 1. The molecule has 2 aliphatic heterocycles. The summed E-state index contributed by atoms with van der Waals surface area (Å²) in [7, 11) is 2.19. The van der Waals surface area contributed by atoms with Crippen LogP contribution in [-0.4, -0.2) is 59.8 Å². The molecule has 3 N–H and O–H groups in total. The minimum absolute atomic E-state index is 0.333. The van der Waals surface area contributed by atoms with Gasteiger partial charge in [-0.2, -0.15) is 5.26 Å². The maximum Gasteiger partial charge on any atom is 0.405 e. The summed E-state index contributed by atoms with van der Waals surface area (Å²) in [6, 6.07) is 10.7. The van der Waals surface area contributed by atoms with Crippen LogP contribution in [0.3, 0.4) is 0 Å². The third-order valence-electron chi connectivity index (χ3n) is 6.32. The van der Waals surface area contributed by atoms with Crippen LogP contribution in [0.1, 0.15) is 97.7 Å². The first-order chi connectivity index (χ1) is 19.1. The molecule has 2 aromatic rings. The molecule has 1 aromatic heterocycles. The van der Waals surface area contributed by atoms with Crippen molar-refractivity contribution in [1.29, 1.82) is 5.26 Å². The van der Waals surface area contributed by atoms with Crippen molar-refractivity contribution in [3.8, 4) is 6.07 Å². The number of ether oxygens (including phenoxy) is 1. The van der Waals surface area contributed by atoms with Crippen LogP contribution in [0, 0.1) is 11.3 Å². The van der Waals surface area contributed by atoms with Gasteiger partial charge in [0.25, 0.3) is 0 Å². The van der Waals surface area contributed by atoms with Crippen LogP contribution in [0.25, 0.3) is 0 Å². The lowest BCUT2D eigenvalue weighted by molar-refractivity contribution is 0.0600. The molecule has 0 saturated carbocycles. The number of piperidine rings is 2. The molecule has 0 unspecified atom stereocenters. The zero-order valence-electron chi connectivity index (χ0n) is 26.0. The zero-order valence-corrected chi connectivity index (χ0v) is 26.0. The van der Waals surface area contributed by atoms with E-state index in [2.05, 4.69) is 62.2 Å². The summed E-state index contributed by atoms with van der Waals surface area (Å²) in [6.45, 7) is 17.6. The number of rotatable bonds is 4. The van der Waals surface area contributed by atoms with E-state index in [0.29, 0.717) is 17.4 Å². The van der Waals surface area contributed by atoms with E-state index >= 15 is 0 Å². The second-order valence-electron chi connectivity index (χ2n) is 10.4. The Hall–Kier alpha value is -3.38. The number of hydrogen-bond acceptors (Lipinski definition) is 8. The van der Waals surface area contributed by atoms with Gasteiger partial charge in [0.2, 0.25) is 0 Å². The predicted molar refractivity (Wildman–Crippen MR) is 165 cm³/mol. The molecular weight excluding hydrogens is 502 g/mol. The van der Waals surface area contributed by atoms with Gasteiger partial charge in [0.15, 0.2) is 11.5 Å². The van der Waals surface area contributed by atoms with E-state index in [9.17, 15) is 10.1 Å². The standard InChI is InChI=1S/C22H28N6.C5H11NO2.2C2H6/c1-27-13-9-18(10-14-27)17-5-7-19(8-6-17)25-22-20(15-23)24-16-21(26-22)28-11-3-2-4-12-28;1-5(2,3)8-4(6)7;2*1-2/h5-8,16,18H,2-4,9-14H2,1H3,(H,25,26);1-3H3,(H2,6,7);2*1-2H3. The van der Waals surface area contributed by atoms with Crippen molar-refractivity contribution in [2.45, 2.75) is 92.1 Å². The molecule has 9 nitrogen and oxygen atoms in total. The maximum absolute atomic E-state index is 10.0. The number of aromatic nitrogens is 2. The Morgan fingerprint density at radius 1 is 1.02 bits per heavy atom. The van der Waals surface area contributed by atoms with Crippen LogP contribution in [0.4, 0.5) is 22.1 Å². The fourth-order valence-electron chi connectivity index (χ4n) is 4.44. The quantitative estimate of drug-likeness (QED) is 0.423. The first-order valence-electron chi connectivity index (χ1n) is 14.7. The molecule has 9 heteroatoms. The Bertz CT molecular complexity index is 1030. The highest BCUT2D eigenvalue weighted by atomic mass is 16.6. The number of carbonyl (C=O) groups is 1. The highest BCUT2D eigenvalue weighted by Gasteiger charge is 2.19. The Kier molecular flexibility index (Phi) is 15.6. The van der Waals surface area contributed by atoms with Crippen LogP contribution >= 0.6 is 0 Å². The van der Waals surface area contributed by atoms with Crippen molar-refractivity contribution in [2.75, 3.05) is 43.4 Å². The van der Waals surface area contributed by atoms with E-state index < -0.39 is 11.7 Å². The van der Waals surface area contributed by atoms with Gasteiger partial charge >= 0.3 is 6.09 Å². The lowest BCUT2D eigenvalue weighted by atomic mass is 9.89. The van der Waals surface area contributed by atoms with Gasteiger partial charge in [-0.1, -0.05) is 39.8 Å². The molecule has 0 atom stereocenters. The minimum Gasteiger partial charge on any atom is -0.444 e. The summed E-state index contributed by atoms with van der Waals surface area (Å²) in [5.41, 5.74) is 6.94. The van der Waals surface area contributed by atoms with Gasteiger partial charge in [0.1, 0.15) is 17.5 Å². The van der Waals surface area contributed by atoms with Crippen LogP contribution < -0.4 is 16.0 Å². The number of amides is 1. The largest absolute Gasteiger partial charge is 0.444 e. The van der Waals surface area contributed by atoms with Gasteiger partial charge in [0.05, 0.1) is 6.20 Å². The molecule has 1 aromatic carbocycles. The van der Waals surface area contributed by atoms with Gasteiger partial charge in [-0.05, 0) is 96.6 Å². The number of anilines is 3. The molecule has 2 aliphatic rings. The molecule has 0 bridgehead atoms. The second kappa shape index (κ2) is 18.1. The summed E-state index contributed by atoms with van der Waals surface area (Å²) < 4.78 is 4.58. The topological polar surface area (TPSA) is 120 Å². The minimum atomic E-state index is -0.725. The fraction of sp³-hybridized carbons (Fsp3) is 0.613. The Balaban J connectivity index is 0.000000571. The predicted octanol–water partition coefficient (Wildman–Crippen LogP) is 6.82. The van der Waals surface area contributed by atoms with Gasteiger partial charge in [0, 0.05) is 18.8 Å². The monoisotopic (exact) mass is 553 g/mol. The molecule has 4 rings (SSSR count). The summed E-state index contributed by atoms with van der Waals surface area (Å²) >= 11 is 0. The fourth-order valence-corrected chi connectivity index (χ4v) is 4.44. The first-order valence-corrected chi connectivity index (χ1v) is 14.7. The molecule has 2 fully saturated rings. The Labute approximate surface area is 242 Å². The molecule has 3 heterocycles. The van der Waals surface area contributed by atoms with Gasteiger partial charge in [-0.25, -0.2) is 14.8 Å². The summed E-state index contributed by atoms with van der Waals surface area (Å²) in [4.78, 5) is 23.7. The van der Waals surface area contributed by atoms with Gasteiger partial charge in [-0.15, -0.1) is 0 Å². The number of nitriles is 1. The van der Waals surface area contributed by atoms with Crippen LogP contribution in [-0.2, 0) is 4.74 Å². The van der Waals surface area contributed by atoms with E-state index in [4.69, 9.17) is 10.7 Å². The van der Waals surface area contributed by atoms with E-state index in [1.165, 1.54) is 37.7 Å². The van der Waals surface area contributed by atoms with E-state index in [1.807, 2.05) is 27.7 Å². The van der Waals surface area contributed by atoms with E-state index in [1.54, 1.807) is 27.0 Å². The molecule has 0 spiro atoms. The average Bonchev–Trinajstić information content (AvgIpc) is 2.95. The van der Waals surface area contributed by atoms with Crippen molar-refractivity contribution in [1.82, 2.24) is 14.9 Å². The molecule has 2 saturated heterocycles. The number of carbonyl (C=O) groups excluding carboxylic acids is 1. The number of hydrogen-bond donors (Lipinski definition) is 2. The molecule has 0 radical (unpaired) electrons. The number of nitrogens with two attached hydrogens (primary N) is 1. The lowest BCUT2D eigenvalue weighted by Crippen LogP contribution is -2.30. The highest BCUT2D eigenvalue weighted by molar-refractivity contribution is 5.65. The van der Waals surface area contributed by atoms with Gasteiger partial charge in [-0.3, -0.25) is 0 Å². The van der Waals surface area contributed by atoms with Crippen LogP contribution in [0.5, 0.6) is 0 Å². The third-order valence-corrected chi connectivity index (χ3v) is 6.32. The van der Waals surface area contributed by atoms with Crippen LogP contribution in [0.15, 0.2) is 30.5 Å². The number of nitrogens with zero attached hydrogens (tertiary/aromatic N) is 5. The molecular formula is C31H51N7O2. The molecule has 1 amide bonds. The zero-order chi connectivity index (χ0) is 30.1. The Morgan fingerprint density at radius 2 is 1.60 bits per heavy atom. The molecule has 0 aliphatic carbocycles. The van der Waals surface area contributed by atoms with Crippen molar-refractivity contribution < 1.29 is 9.53 Å². The SMILES string of the molecule is CC.CC.CC(C)(C)OC(N)=O.CN1CCC(c2ccc(Nc3nc(N4CCCCC4)cnc3C#N)cc2)CC1. The number of benzene rings is 1. The lowest BCUT2D eigenvalue weighted by Gasteiger charge is -2.29. The van der Waals surface area contributed by atoms with Gasteiger partial charge < -0.3 is 25.6 Å².